The molecule has 11 heteroatoms. The van der Waals surface area contributed by atoms with Crippen LogP contribution in [-0.2, 0) is 9.53 Å². The average molecular weight is 666 g/mol. The van der Waals surface area contributed by atoms with Gasteiger partial charge in [0.05, 0.1) is 54.5 Å². The molecule has 228 valence electrons. The predicted molar refractivity (Wildman–Crippen MR) is 173 cm³/mol. The minimum absolute atomic E-state index is 0.0726. The number of carbonyl (C=O) groups excluding carboxylic acids is 1. The van der Waals surface area contributed by atoms with Gasteiger partial charge < -0.3 is 9.84 Å². The van der Waals surface area contributed by atoms with Crippen LogP contribution in [0.2, 0.25) is 0 Å². The first-order chi connectivity index (χ1) is 21.9. The highest BCUT2D eigenvalue weighted by molar-refractivity contribution is 7.94. The van der Waals surface area contributed by atoms with Gasteiger partial charge in [-0.05, 0) is 70.8 Å². The number of carbonyl (C=O) groups is 1. The molecule has 6 rings (SSSR count). The van der Waals surface area contributed by atoms with Crippen LogP contribution < -0.4 is 0 Å². The van der Waals surface area contributed by atoms with Gasteiger partial charge in [-0.2, -0.15) is 11.7 Å². The lowest BCUT2D eigenvalue weighted by Crippen LogP contribution is -2.31. The number of aliphatic hydroxyl groups is 1. The maximum atomic E-state index is 16.5. The van der Waals surface area contributed by atoms with Gasteiger partial charge in [0.2, 0.25) is 0 Å². The highest BCUT2D eigenvalue weighted by atomic mass is 32.2. The molecule has 0 radical (unpaired) electrons. The molecule has 2 heterocycles. The topological polar surface area (TPSA) is 59.4 Å². The average Bonchev–Trinajstić information content (AvgIpc) is 3.06. The first-order valence-corrected chi connectivity index (χ1v) is 15.9. The summed E-state index contributed by atoms with van der Waals surface area (Å²) in [6, 6.07) is 21.0. The van der Waals surface area contributed by atoms with Crippen molar-refractivity contribution in [1.29, 1.82) is 0 Å². The second-order valence-corrected chi connectivity index (χ2v) is 12.3. The number of fused-ring (bicyclic) bond motifs is 1. The van der Waals surface area contributed by atoms with E-state index in [0.29, 0.717) is 59.0 Å². The van der Waals surface area contributed by atoms with Crippen molar-refractivity contribution in [3.05, 3.63) is 103 Å². The minimum Gasteiger partial charge on any atom is -0.458 e. The number of pyridine rings is 1. The van der Waals surface area contributed by atoms with Gasteiger partial charge in [0.25, 0.3) is 0 Å². The van der Waals surface area contributed by atoms with Crippen molar-refractivity contribution >= 4 is 59.4 Å². The number of ether oxygens (including phenoxy) is 1. The quantitative estimate of drug-likeness (QED) is 0.131. The Kier molecular flexibility index (Phi) is 9.50. The minimum atomic E-state index is -0.823. The summed E-state index contributed by atoms with van der Waals surface area (Å²) in [4.78, 5) is 17.8. The van der Waals surface area contributed by atoms with E-state index in [1.807, 2.05) is 0 Å². The van der Waals surface area contributed by atoms with Gasteiger partial charge in [-0.15, -0.1) is 0 Å². The Hall–Kier alpha value is -3.77. The molecule has 0 spiro atoms. The molecule has 0 aliphatic carbocycles. The number of nitrogens with zero attached hydrogens (tertiary/aromatic N) is 1. The second-order valence-electron chi connectivity index (χ2n) is 10.4. The van der Waals surface area contributed by atoms with E-state index in [9.17, 15) is 21.6 Å². The summed E-state index contributed by atoms with van der Waals surface area (Å²) < 4.78 is 61.7. The molecule has 0 saturated carbocycles. The van der Waals surface area contributed by atoms with E-state index in [0.717, 1.165) is 0 Å². The molecule has 4 aromatic carbocycles. The van der Waals surface area contributed by atoms with Crippen molar-refractivity contribution in [2.24, 2.45) is 0 Å². The Labute approximate surface area is 269 Å². The van der Waals surface area contributed by atoms with E-state index in [2.05, 4.69) is 0 Å². The van der Waals surface area contributed by atoms with Crippen LogP contribution in [0.3, 0.4) is 0 Å². The van der Waals surface area contributed by atoms with E-state index < -0.39 is 24.0 Å². The molecule has 4 nitrogen and oxygen atoms in total. The molecule has 1 aromatic heterocycles. The van der Waals surface area contributed by atoms with Crippen molar-refractivity contribution in [2.75, 3.05) is 0 Å². The number of esters is 1. The van der Waals surface area contributed by atoms with Crippen LogP contribution in [0.25, 0.3) is 50.4 Å². The summed E-state index contributed by atoms with van der Waals surface area (Å²) in [6.07, 6.45) is 3.65. The molecule has 1 N–H and O–H groups in total. The largest absolute Gasteiger partial charge is 0.458 e. The molecular formula is C34H23F4NO3S3. The molecule has 1 saturated heterocycles. The number of hydrogen-bond acceptors (Lipinski definition) is 7. The van der Waals surface area contributed by atoms with Gasteiger partial charge in [-0.1, -0.05) is 42.5 Å². The van der Waals surface area contributed by atoms with Crippen molar-refractivity contribution < 1.29 is 30.7 Å². The first kappa shape index (κ1) is 31.2. The zero-order valence-electron chi connectivity index (χ0n) is 23.3. The van der Waals surface area contributed by atoms with Crippen LogP contribution in [0.5, 0.6) is 0 Å². The third kappa shape index (κ3) is 6.62. The summed E-state index contributed by atoms with van der Waals surface area (Å²) >= 11 is 0.287. The maximum absolute atomic E-state index is 16.5. The van der Waals surface area contributed by atoms with Crippen LogP contribution in [-0.4, -0.2) is 28.3 Å². The zero-order valence-corrected chi connectivity index (χ0v) is 25.7. The van der Waals surface area contributed by atoms with Crippen molar-refractivity contribution in [2.45, 2.75) is 39.7 Å². The molecular weight excluding hydrogens is 643 g/mol. The van der Waals surface area contributed by atoms with Crippen molar-refractivity contribution in [3.63, 3.8) is 0 Å². The molecule has 0 amide bonds. The zero-order chi connectivity index (χ0) is 31.5. The number of halogens is 4. The van der Waals surface area contributed by atoms with Gasteiger partial charge in [0.1, 0.15) is 11.9 Å². The number of aliphatic hydroxyl groups excluding tert-OH is 1. The summed E-state index contributed by atoms with van der Waals surface area (Å²) in [5, 5.41) is 10.5. The lowest BCUT2D eigenvalue weighted by atomic mass is 9.88. The third-order valence-electron chi connectivity index (χ3n) is 7.52. The number of benzene rings is 4. The van der Waals surface area contributed by atoms with Crippen LogP contribution >= 0.6 is 36.4 Å². The van der Waals surface area contributed by atoms with E-state index >= 15 is 4.39 Å². The fraction of sp³-hybridized carbons (Fsp3) is 0.118. The highest BCUT2D eigenvalue weighted by Crippen LogP contribution is 2.44. The Morgan fingerprint density at radius 2 is 1.29 bits per heavy atom. The van der Waals surface area contributed by atoms with Crippen LogP contribution in [0.4, 0.5) is 16.0 Å². The molecule has 1 aliphatic heterocycles. The molecule has 1 fully saturated rings. The first-order valence-electron chi connectivity index (χ1n) is 13.8. The Morgan fingerprint density at radius 1 is 0.778 bits per heavy atom. The predicted octanol–water partition coefficient (Wildman–Crippen LogP) is 10.4. The number of rotatable bonds is 8. The van der Waals surface area contributed by atoms with Crippen molar-refractivity contribution in [3.8, 4) is 33.4 Å². The van der Waals surface area contributed by atoms with Crippen LogP contribution in [0.15, 0.2) is 106 Å². The van der Waals surface area contributed by atoms with Crippen LogP contribution in [0.1, 0.15) is 18.4 Å². The molecule has 2 atom stereocenters. The monoisotopic (exact) mass is 665 g/mol. The number of hydrogen-bond donors (Lipinski definition) is 1. The van der Waals surface area contributed by atoms with Crippen LogP contribution in [0, 0.1) is 5.82 Å². The lowest BCUT2D eigenvalue weighted by Gasteiger charge is -2.23. The summed E-state index contributed by atoms with van der Waals surface area (Å²) in [7, 11) is 0. The number of aromatic nitrogens is 1. The smallest absolute Gasteiger partial charge is 0.309 e. The Bertz CT molecular complexity index is 1890. The van der Waals surface area contributed by atoms with Crippen molar-refractivity contribution in [1.82, 2.24) is 4.98 Å². The van der Waals surface area contributed by atoms with Gasteiger partial charge >= 0.3 is 5.97 Å². The second kappa shape index (κ2) is 13.7. The van der Waals surface area contributed by atoms with E-state index in [1.165, 1.54) is 6.07 Å². The Morgan fingerprint density at radius 3 is 1.80 bits per heavy atom. The Balaban J connectivity index is 1.62. The van der Waals surface area contributed by atoms with E-state index in [1.54, 1.807) is 91.1 Å². The lowest BCUT2D eigenvalue weighted by molar-refractivity contribution is -0.156. The van der Waals surface area contributed by atoms with E-state index in [-0.39, 0.29) is 54.8 Å². The molecule has 1 aliphatic rings. The maximum Gasteiger partial charge on any atom is 0.309 e. The SMILES string of the molecule is O=C1C[C@H](O)C[C@@H](C=Cc2cnc3c(-c4ccc(SF)cc4)c(-c4ccc(SF)cc4)c(F)cc3c2-c2ccc(SF)cc2)O1. The number of cyclic esters (lactones) is 1. The molecule has 45 heavy (non-hydrogen) atoms. The summed E-state index contributed by atoms with van der Waals surface area (Å²) in [5.41, 5.74) is 4.07. The summed E-state index contributed by atoms with van der Waals surface area (Å²) in [6.45, 7) is 0. The molecule has 0 unspecified atom stereocenters. The van der Waals surface area contributed by atoms with Gasteiger partial charge in [0, 0.05) is 49.4 Å². The normalized spacial score (nSPS) is 16.8. The molecule has 5 aromatic rings. The van der Waals surface area contributed by atoms with Gasteiger partial charge in [-0.3, -0.25) is 9.78 Å². The summed E-state index contributed by atoms with van der Waals surface area (Å²) in [5.74, 6) is -1.07. The third-order valence-corrected chi connectivity index (χ3v) is 8.87. The van der Waals surface area contributed by atoms with Gasteiger partial charge in [0.15, 0.2) is 0 Å². The fourth-order valence-electron chi connectivity index (χ4n) is 5.49. The molecule has 0 bridgehead atoms. The van der Waals surface area contributed by atoms with E-state index in [4.69, 9.17) is 9.72 Å². The standard InChI is InChI=1S/C34H23F4NO3S3/c35-29-17-28-31(19-2-9-25(43-36)10-3-19)22(1-8-24-15-23(40)16-30(41)42-24)18-39-34(28)33(21-6-13-27(45-38)14-7-21)32(29)20-4-11-26(44-37)12-5-20/h1-14,17-18,23-24,40H,15-16H2/t23-,24-/m1/s1. The highest BCUT2D eigenvalue weighted by Gasteiger charge is 2.26. The fourth-order valence-corrected chi connectivity index (χ4v) is 6.20. The van der Waals surface area contributed by atoms with Gasteiger partial charge in [-0.25, -0.2) is 4.39 Å².